The van der Waals surface area contributed by atoms with Crippen molar-refractivity contribution in [3.63, 3.8) is 0 Å². The summed E-state index contributed by atoms with van der Waals surface area (Å²) in [6, 6.07) is 6.31. The Labute approximate surface area is 151 Å². The van der Waals surface area contributed by atoms with Gasteiger partial charge >= 0.3 is 0 Å². The molecular weight excluding hydrogens is 348 g/mol. The van der Waals surface area contributed by atoms with E-state index in [1.807, 2.05) is 11.9 Å². The monoisotopic (exact) mass is 374 g/mol. The quantitative estimate of drug-likeness (QED) is 0.830. The first-order valence-electron chi connectivity index (χ1n) is 8.24. The fraction of sp³-hybridized carbons (Fsp3) is 0.588. The van der Waals surface area contributed by atoms with Crippen molar-refractivity contribution in [3.8, 4) is 0 Å². The molecule has 0 aromatic heterocycles. The van der Waals surface area contributed by atoms with Gasteiger partial charge in [0.15, 0.2) is 9.84 Å². The molecule has 5 nitrogen and oxygen atoms in total. The van der Waals surface area contributed by atoms with Gasteiger partial charge in [0.05, 0.1) is 10.6 Å². The summed E-state index contributed by atoms with van der Waals surface area (Å²) in [5.41, 5.74) is 0.564. The van der Waals surface area contributed by atoms with Crippen molar-refractivity contribution in [1.82, 2.24) is 10.2 Å². The van der Waals surface area contributed by atoms with Gasteiger partial charge in [0.2, 0.25) is 0 Å². The lowest BCUT2D eigenvalue weighted by atomic mass is 9.93. The van der Waals surface area contributed by atoms with Gasteiger partial charge in [-0.1, -0.05) is 6.92 Å². The Morgan fingerprint density at radius 1 is 1.21 bits per heavy atom. The van der Waals surface area contributed by atoms with Gasteiger partial charge in [-0.25, -0.2) is 8.42 Å². The predicted octanol–water partition coefficient (Wildman–Crippen LogP) is 2.36. The van der Waals surface area contributed by atoms with Gasteiger partial charge in [-0.05, 0) is 63.0 Å². The van der Waals surface area contributed by atoms with E-state index in [0.29, 0.717) is 11.5 Å². The molecule has 1 N–H and O–H groups in total. The largest absolute Gasteiger partial charge is 0.339 e. The number of rotatable bonds is 6. The van der Waals surface area contributed by atoms with Crippen molar-refractivity contribution in [2.45, 2.75) is 31.1 Å². The number of hydrogen-bond acceptors (Lipinski definition) is 4. The highest BCUT2D eigenvalue weighted by molar-refractivity contribution is 7.91. The van der Waals surface area contributed by atoms with Gasteiger partial charge < -0.3 is 10.2 Å². The molecule has 0 aliphatic carbocycles. The van der Waals surface area contributed by atoms with E-state index in [1.165, 1.54) is 12.1 Å². The number of piperidine rings is 1. The van der Waals surface area contributed by atoms with Crippen molar-refractivity contribution in [2.24, 2.45) is 5.92 Å². The van der Waals surface area contributed by atoms with Crippen LogP contribution in [0.5, 0.6) is 0 Å². The topological polar surface area (TPSA) is 66.5 Å². The second-order valence-electron chi connectivity index (χ2n) is 6.06. The van der Waals surface area contributed by atoms with Gasteiger partial charge in [-0.2, -0.15) is 0 Å². The molecule has 1 aromatic carbocycles. The van der Waals surface area contributed by atoms with Crippen LogP contribution in [0.1, 0.15) is 36.5 Å². The van der Waals surface area contributed by atoms with Crippen molar-refractivity contribution >= 4 is 28.2 Å². The maximum Gasteiger partial charge on any atom is 0.253 e. The van der Waals surface area contributed by atoms with Crippen LogP contribution in [0, 0.1) is 5.92 Å². The normalized spacial score (nSPS) is 15.8. The molecule has 1 fully saturated rings. The first-order chi connectivity index (χ1) is 11.0. The van der Waals surface area contributed by atoms with Crippen molar-refractivity contribution < 1.29 is 13.2 Å². The van der Waals surface area contributed by atoms with Crippen LogP contribution in [-0.4, -0.2) is 51.7 Å². The number of carbonyl (C=O) groups is 1. The van der Waals surface area contributed by atoms with Crippen LogP contribution in [0.15, 0.2) is 29.2 Å². The van der Waals surface area contributed by atoms with E-state index in [-0.39, 0.29) is 29.0 Å². The Hall–Kier alpha value is -1.11. The van der Waals surface area contributed by atoms with E-state index in [4.69, 9.17) is 0 Å². The first-order valence-corrected chi connectivity index (χ1v) is 9.90. The molecule has 2 rings (SSSR count). The Balaban J connectivity index is 0.00000288. The molecule has 1 aliphatic rings. The smallest absolute Gasteiger partial charge is 0.253 e. The van der Waals surface area contributed by atoms with Crippen LogP contribution in [0.3, 0.4) is 0 Å². The lowest BCUT2D eigenvalue weighted by Gasteiger charge is -2.32. The summed E-state index contributed by atoms with van der Waals surface area (Å²) in [6.07, 6.45) is 3.23. The van der Waals surface area contributed by atoms with E-state index >= 15 is 0 Å². The molecule has 0 saturated carbocycles. The van der Waals surface area contributed by atoms with E-state index in [0.717, 1.165) is 38.9 Å². The van der Waals surface area contributed by atoms with Crippen LogP contribution >= 0.6 is 12.4 Å². The SMILES string of the molecule is CCS(=O)(=O)c1ccc(C(=O)N2CCC(CCNC)CC2)cc1.Cl. The molecule has 1 saturated heterocycles. The minimum Gasteiger partial charge on any atom is -0.339 e. The van der Waals surface area contributed by atoms with Crippen LogP contribution in [0.2, 0.25) is 0 Å². The van der Waals surface area contributed by atoms with Crippen molar-refractivity contribution in [1.29, 1.82) is 0 Å². The molecule has 0 unspecified atom stereocenters. The van der Waals surface area contributed by atoms with Gasteiger partial charge in [-0.3, -0.25) is 4.79 Å². The number of sulfone groups is 1. The molecule has 1 aromatic rings. The molecule has 24 heavy (non-hydrogen) atoms. The zero-order valence-corrected chi connectivity index (χ0v) is 16.0. The van der Waals surface area contributed by atoms with E-state index in [1.54, 1.807) is 19.1 Å². The molecule has 0 bridgehead atoms. The Morgan fingerprint density at radius 3 is 2.29 bits per heavy atom. The van der Waals surface area contributed by atoms with Crippen LogP contribution in [-0.2, 0) is 9.84 Å². The van der Waals surface area contributed by atoms with Crippen LogP contribution in [0.25, 0.3) is 0 Å². The summed E-state index contributed by atoms with van der Waals surface area (Å²) < 4.78 is 23.6. The Morgan fingerprint density at radius 2 is 1.79 bits per heavy atom. The highest BCUT2D eigenvalue weighted by atomic mass is 35.5. The summed E-state index contributed by atoms with van der Waals surface area (Å²) in [6.45, 7) is 4.20. The second-order valence-corrected chi connectivity index (χ2v) is 8.33. The summed E-state index contributed by atoms with van der Waals surface area (Å²) >= 11 is 0. The molecule has 7 heteroatoms. The third-order valence-electron chi connectivity index (χ3n) is 4.54. The Kier molecular flexibility index (Phi) is 8.19. The number of hydrogen-bond donors (Lipinski definition) is 1. The average molecular weight is 375 g/mol. The van der Waals surface area contributed by atoms with Gasteiger partial charge in [-0.15, -0.1) is 12.4 Å². The summed E-state index contributed by atoms with van der Waals surface area (Å²) in [5, 5.41) is 3.17. The maximum absolute atomic E-state index is 12.5. The zero-order valence-electron chi connectivity index (χ0n) is 14.3. The highest BCUT2D eigenvalue weighted by Gasteiger charge is 2.23. The van der Waals surface area contributed by atoms with Crippen LogP contribution in [0.4, 0.5) is 0 Å². The van der Waals surface area contributed by atoms with E-state index in [9.17, 15) is 13.2 Å². The molecule has 136 valence electrons. The third kappa shape index (κ3) is 5.19. The number of nitrogens with one attached hydrogen (secondary N) is 1. The van der Waals surface area contributed by atoms with Gasteiger partial charge in [0, 0.05) is 18.7 Å². The van der Waals surface area contributed by atoms with Crippen LogP contribution < -0.4 is 5.32 Å². The summed E-state index contributed by atoms with van der Waals surface area (Å²) in [5.74, 6) is 0.751. The highest BCUT2D eigenvalue weighted by Crippen LogP contribution is 2.22. The number of likely N-dealkylation sites (tertiary alicyclic amines) is 1. The number of benzene rings is 1. The predicted molar refractivity (Wildman–Crippen MR) is 98.6 cm³/mol. The third-order valence-corrected chi connectivity index (χ3v) is 6.30. The average Bonchev–Trinajstić information content (AvgIpc) is 2.60. The molecule has 1 amide bonds. The Bertz CT molecular complexity index is 624. The standard InChI is InChI=1S/C17H26N2O3S.ClH/c1-3-23(21,22)16-6-4-15(5-7-16)17(20)19-12-9-14(10-13-19)8-11-18-2;/h4-7,14,18H,3,8-13H2,1-2H3;1H. The molecule has 1 aliphatic heterocycles. The number of halogens is 1. The van der Waals surface area contributed by atoms with Gasteiger partial charge in [0.1, 0.15) is 0 Å². The lowest BCUT2D eigenvalue weighted by Crippen LogP contribution is -2.38. The number of carbonyl (C=O) groups excluding carboxylic acids is 1. The summed E-state index contributed by atoms with van der Waals surface area (Å²) in [4.78, 5) is 14.7. The molecule has 0 atom stereocenters. The van der Waals surface area contributed by atoms with Crippen molar-refractivity contribution in [2.75, 3.05) is 32.4 Å². The number of nitrogens with zero attached hydrogens (tertiary/aromatic N) is 1. The minimum absolute atomic E-state index is 0. The molecule has 0 spiro atoms. The van der Waals surface area contributed by atoms with E-state index in [2.05, 4.69) is 5.32 Å². The number of amides is 1. The summed E-state index contributed by atoms with van der Waals surface area (Å²) in [7, 11) is -1.25. The van der Waals surface area contributed by atoms with Crippen molar-refractivity contribution in [3.05, 3.63) is 29.8 Å². The minimum atomic E-state index is -3.21. The fourth-order valence-corrected chi connectivity index (χ4v) is 3.81. The first kappa shape index (κ1) is 20.9. The fourth-order valence-electron chi connectivity index (χ4n) is 2.93. The maximum atomic E-state index is 12.5. The molecule has 0 radical (unpaired) electrons. The molecular formula is C17H27ClN2O3S. The molecule has 1 heterocycles. The lowest BCUT2D eigenvalue weighted by molar-refractivity contribution is 0.0687. The second kappa shape index (κ2) is 9.39. The zero-order chi connectivity index (χ0) is 16.9. The van der Waals surface area contributed by atoms with Gasteiger partial charge in [0.25, 0.3) is 5.91 Å². The van der Waals surface area contributed by atoms with E-state index < -0.39 is 9.84 Å².